The maximum Gasteiger partial charge on any atom is 0.273 e. The van der Waals surface area contributed by atoms with Crippen LogP contribution < -0.4 is 21.3 Å². The molecule has 0 unspecified atom stereocenters. The maximum absolute atomic E-state index is 12.8. The first-order valence-electron chi connectivity index (χ1n) is 13.9. The topological polar surface area (TPSA) is 139 Å². The predicted molar refractivity (Wildman–Crippen MR) is 152 cm³/mol. The van der Waals surface area contributed by atoms with Gasteiger partial charge in [0.05, 0.1) is 13.2 Å². The minimum atomic E-state index is -0.721. The van der Waals surface area contributed by atoms with E-state index in [0.29, 0.717) is 50.0 Å². The quantitative estimate of drug-likeness (QED) is 0.392. The van der Waals surface area contributed by atoms with Crippen molar-refractivity contribution in [3.63, 3.8) is 0 Å². The Kier molecular flexibility index (Phi) is 7.45. The van der Waals surface area contributed by atoms with E-state index in [-0.39, 0.29) is 23.5 Å². The summed E-state index contributed by atoms with van der Waals surface area (Å²) < 4.78 is 5.33. The van der Waals surface area contributed by atoms with E-state index < -0.39 is 5.91 Å². The summed E-state index contributed by atoms with van der Waals surface area (Å²) in [4.78, 5) is 33.4. The number of morpholine rings is 1. The van der Waals surface area contributed by atoms with Crippen molar-refractivity contribution in [3.8, 4) is 0 Å². The molecule has 3 fully saturated rings. The Morgan fingerprint density at radius 3 is 2.33 bits per heavy atom. The van der Waals surface area contributed by atoms with Crippen LogP contribution in [0.1, 0.15) is 58.0 Å². The Morgan fingerprint density at radius 1 is 0.900 bits per heavy atom. The van der Waals surface area contributed by atoms with Gasteiger partial charge in [0, 0.05) is 49.2 Å². The van der Waals surface area contributed by atoms with Gasteiger partial charge >= 0.3 is 0 Å². The molecule has 0 radical (unpaired) electrons. The lowest BCUT2D eigenvalue weighted by Crippen LogP contribution is -2.43. The third-order valence-electron chi connectivity index (χ3n) is 7.64. The van der Waals surface area contributed by atoms with Crippen molar-refractivity contribution >= 4 is 35.0 Å². The number of hydrogen-bond acceptors (Lipinski definition) is 9. The number of nitrogens with two attached hydrogens (primary N) is 1. The zero-order valence-electron chi connectivity index (χ0n) is 22.4. The van der Waals surface area contributed by atoms with E-state index in [4.69, 9.17) is 10.5 Å². The van der Waals surface area contributed by atoms with Crippen molar-refractivity contribution in [2.24, 2.45) is 5.73 Å². The van der Waals surface area contributed by atoms with Gasteiger partial charge in [0.1, 0.15) is 0 Å². The molecule has 1 saturated carbocycles. The van der Waals surface area contributed by atoms with Crippen molar-refractivity contribution in [1.82, 2.24) is 20.1 Å². The molecule has 4 N–H and O–H groups in total. The zero-order chi connectivity index (χ0) is 27.5. The molecular weight excluding hydrogens is 508 g/mol. The number of rotatable bonds is 8. The van der Waals surface area contributed by atoms with Gasteiger partial charge in [-0.2, -0.15) is 4.98 Å². The van der Waals surface area contributed by atoms with Crippen LogP contribution in [-0.2, 0) is 4.74 Å². The summed E-state index contributed by atoms with van der Waals surface area (Å²) in [6.07, 6.45) is 4.60. The van der Waals surface area contributed by atoms with E-state index in [1.807, 2.05) is 0 Å². The highest BCUT2D eigenvalue weighted by Gasteiger charge is 2.26. The fourth-order valence-corrected chi connectivity index (χ4v) is 5.27. The van der Waals surface area contributed by atoms with Crippen molar-refractivity contribution in [2.45, 2.75) is 37.6 Å². The molecule has 2 saturated heterocycles. The number of hydrogen-bond donors (Lipinski definition) is 3. The predicted octanol–water partition coefficient (Wildman–Crippen LogP) is 3.14. The van der Waals surface area contributed by atoms with Gasteiger partial charge in [-0.05, 0) is 73.6 Å². The smallest absolute Gasteiger partial charge is 0.273 e. The summed E-state index contributed by atoms with van der Waals surface area (Å²) in [5.41, 5.74) is 9.30. The number of nitrogens with zero attached hydrogens (tertiary/aromatic N) is 5. The lowest BCUT2D eigenvalue weighted by molar-refractivity contribution is 0.0303. The highest BCUT2D eigenvalue weighted by molar-refractivity contribution is 5.97. The van der Waals surface area contributed by atoms with Crippen molar-refractivity contribution in [2.75, 3.05) is 54.9 Å². The largest absolute Gasteiger partial charge is 0.381 e. The van der Waals surface area contributed by atoms with Gasteiger partial charge < -0.3 is 30.9 Å². The Bertz CT molecular complexity index is 1350. The molecule has 2 amide bonds. The summed E-state index contributed by atoms with van der Waals surface area (Å²) in [7, 11) is 0. The molecule has 3 aliphatic rings. The minimum absolute atomic E-state index is 0.0363. The van der Waals surface area contributed by atoms with Gasteiger partial charge in [-0.1, -0.05) is 12.1 Å². The number of ether oxygens (including phenoxy) is 1. The Hall–Kier alpha value is -4.25. The second kappa shape index (κ2) is 11.5. The lowest BCUT2D eigenvalue weighted by Gasteiger charge is -2.33. The summed E-state index contributed by atoms with van der Waals surface area (Å²) in [6, 6.07) is 16.0. The van der Waals surface area contributed by atoms with E-state index in [1.165, 1.54) is 18.4 Å². The number of carbonyl (C=O) groups excluding carboxylic acids is 2. The van der Waals surface area contributed by atoms with Crippen LogP contribution in [0, 0.1) is 0 Å². The standard InChI is InChI=1S/C29H34N8O3/c30-26(38)25-27(32-23-11-7-21(8-12-23)28(39)36-14-16-40-17-15-36)33-29(35-34-25)37-13-1-2-24(18-37)31-22-9-5-20(6-10-22)19-3-4-19/h5-12,19,24,31H,1-4,13-18H2,(H2,30,38)(H,32,33,35)/t24-/m1/s1. The van der Waals surface area contributed by atoms with E-state index in [9.17, 15) is 9.59 Å². The molecule has 0 spiro atoms. The monoisotopic (exact) mass is 542 g/mol. The molecule has 1 atom stereocenters. The van der Waals surface area contributed by atoms with Gasteiger partial charge in [-0.3, -0.25) is 9.59 Å². The summed E-state index contributed by atoms with van der Waals surface area (Å²) in [6.45, 7) is 3.75. The van der Waals surface area contributed by atoms with Gasteiger partial charge in [-0.15, -0.1) is 10.2 Å². The fourth-order valence-electron chi connectivity index (χ4n) is 5.27. The van der Waals surface area contributed by atoms with Gasteiger partial charge in [0.2, 0.25) is 5.95 Å². The van der Waals surface area contributed by atoms with Crippen LogP contribution in [0.3, 0.4) is 0 Å². The molecule has 3 aromatic rings. The molecule has 1 aromatic heterocycles. The van der Waals surface area contributed by atoms with Crippen LogP contribution in [0.4, 0.5) is 23.1 Å². The van der Waals surface area contributed by atoms with Crippen LogP contribution in [0.25, 0.3) is 0 Å². The highest BCUT2D eigenvalue weighted by Crippen LogP contribution is 2.40. The molecule has 208 valence electrons. The lowest BCUT2D eigenvalue weighted by atomic mass is 10.0. The molecule has 6 rings (SSSR count). The number of primary amides is 1. The normalized spacial score (nSPS) is 19.2. The van der Waals surface area contributed by atoms with Gasteiger partial charge in [0.15, 0.2) is 11.5 Å². The molecule has 0 bridgehead atoms. The van der Waals surface area contributed by atoms with Gasteiger partial charge in [0.25, 0.3) is 11.8 Å². The molecule has 3 heterocycles. The number of nitrogens with one attached hydrogen (secondary N) is 2. The fraction of sp³-hybridized carbons (Fsp3) is 0.414. The van der Waals surface area contributed by atoms with Crippen molar-refractivity contribution in [3.05, 3.63) is 65.4 Å². The van der Waals surface area contributed by atoms with E-state index >= 15 is 0 Å². The Morgan fingerprint density at radius 2 is 1.62 bits per heavy atom. The third kappa shape index (κ3) is 5.99. The second-order valence-corrected chi connectivity index (χ2v) is 10.6. The number of aromatic nitrogens is 3. The second-order valence-electron chi connectivity index (χ2n) is 10.6. The van der Waals surface area contributed by atoms with Crippen LogP contribution >= 0.6 is 0 Å². The Balaban J connectivity index is 1.14. The first-order chi connectivity index (χ1) is 19.5. The average molecular weight is 543 g/mol. The van der Waals surface area contributed by atoms with Crippen LogP contribution in [-0.4, -0.2) is 77.3 Å². The van der Waals surface area contributed by atoms with Crippen LogP contribution in [0.5, 0.6) is 0 Å². The minimum Gasteiger partial charge on any atom is -0.381 e. The molecule has 11 nitrogen and oxygen atoms in total. The van der Waals surface area contributed by atoms with Crippen LogP contribution in [0.15, 0.2) is 48.5 Å². The molecule has 11 heteroatoms. The van der Waals surface area contributed by atoms with E-state index in [1.54, 1.807) is 29.2 Å². The average Bonchev–Trinajstić information content (AvgIpc) is 3.84. The Labute approximate surface area is 233 Å². The molecule has 2 aliphatic heterocycles. The van der Waals surface area contributed by atoms with Gasteiger partial charge in [-0.25, -0.2) is 0 Å². The summed E-state index contributed by atoms with van der Waals surface area (Å²) in [5, 5.41) is 15.1. The number of piperidine rings is 1. The van der Waals surface area contributed by atoms with E-state index in [2.05, 4.69) is 55.0 Å². The van der Waals surface area contributed by atoms with Crippen molar-refractivity contribution < 1.29 is 14.3 Å². The first kappa shape index (κ1) is 26.0. The first-order valence-corrected chi connectivity index (χ1v) is 13.9. The SMILES string of the molecule is NC(=O)c1nnc(N2CCC[C@@H](Nc3ccc(C4CC4)cc3)C2)nc1Nc1ccc(C(=O)N2CCOCC2)cc1. The zero-order valence-corrected chi connectivity index (χ0v) is 22.4. The maximum atomic E-state index is 12.8. The molecule has 1 aliphatic carbocycles. The van der Waals surface area contributed by atoms with Crippen molar-refractivity contribution in [1.29, 1.82) is 0 Å². The summed E-state index contributed by atoms with van der Waals surface area (Å²) in [5.74, 6) is 0.648. The molecular formula is C29H34N8O3. The number of amides is 2. The molecule has 40 heavy (non-hydrogen) atoms. The number of carbonyl (C=O) groups is 2. The third-order valence-corrected chi connectivity index (χ3v) is 7.64. The summed E-state index contributed by atoms with van der Waals surface area (Å²) >= 11 is 0. The van der Waals surface area contributed by atoms with Crippen LogP contribution in [0.2, 0.25) is 0 Å². The number of benzene rings is 2. The van der Waals surface area contributed by atoms with E-state index in [0.717, 1.165) is 31.0 Å². The number of anilines is 4. The highest BCUT2D eigenvalue weighted by atomic mass is 16.5. The molecule has 2 aromatic carbocycles.